The zero-order valence-electron chi connectivity index (χ0n) is 18.1. The van der Waals surface area contributed by atoms with Crippen LogP contribution >= 0.6 is 11.8 Å². The number of hydrogen-bond donors (Lipinski definition) is 1. The fourth-order valence-electron chi connectivity index (χ4n) is 2.94. The number of unbranched alkanes of at least 4 members (excludes halogenated alkanes) is 1. The molecule has 2 aromatic carbocycles. The van der Waals surface area contributed by atoms with Gasteiger partial charge in [-0.25, -0.2) is 0 Å². The summed E-state index contributed by atoms with van der Waals surface area (Å²) in [4.78, 5) is 12.6. The van der Waals surface area contributed by atoms with Crippen LogP contribution < -0.4 is 14.8 Å². The first-order valence-corrected chi connectivity index (χ1v) is 11.4. The molecule has 8 heteroatoms. The molecule has 0 aliphatic heterocycles. The minimum absolute atomic E-state index is 0.177. The predicted molar refractivity (Wildman–Crippen MR) is 122 cm³/mol. The van der Waals surface area contributed by atoms with Gasteiger partial charge in [-0.15, -0.1) is 10.2 Å². The van der Waals surface area contributed by atoms with Crippen LogP contribution in [0.15, 0.2) is 53.7 Å². The normalized spacial score (nSPS) is 10.7. The Kier molecular flexibility index (Phi) is 8.35. The molecule has 3 aromatic rings. The van der Waals surface area contributed by atoms with Crippen molar-refractivity contribution in [2.24, 2.45) is 0 Å². The average Bonchev–Trinajstić information content (AvgIpc) is 3.21. The van der Waals surface area contributed by atoms with Crippen LogP contribution in [0.2, 0.25) is 0 Å². The van der Waals surface area contributed by atoms with Gasteiger partial charge >= 0.3 is 0 Å². The van der Waals surface area contributed by atoms with Crippen LogP contribution in [-0.2, 0) is 6.54 Å². The average molecular weight is 441 g/mol. The minimum atomic E-state index is -0.177. The van der Waals surface area contributed by atoms with E-state index in [9.17, 15) is 4.79 Å². The van der Waals surface area contributed by atoms with Crippen molar-refractivity contribution in [1.29, 1.82) is 0 Å². The van der Waals surface area contributed by atoms with Gasteiger partial charge in [0.25, 0.3) is 5.91 Å². The van der Waals surface area contributed by atoms with Gasteiger partial charge in [0.1, 0.15) is 11.5 Å². The van der Waals surface area contributed by atoms with E-state index in [0.29, 0.717) is 23.7 Å². The Balaban J connectivity index is 1.79. The van der Waals surface area contributed by atoms with Gasteiger partial charge in [-0.2, -0.15) is 0 Å². The van der Waals surface area contributed by atoms with E-state index in [0.717, 1.165) is 35.2 Å². The summed E-state index contributed by atoms with van der Waals surface area (Å²) in [6.45, 7) is 5.00. The molecule has 0 fully saturated rings. The summed E-state index contributed by atoms with van der Waals surface area (Å²) < 4.78 is 12.7. The molecule has 0 aliphatic carbocycles. The monoisotopic (exact) mass is 440 g/mol. The van der Waals surface area contributed by atoms with Gasteiger partial charge in [0.05, 0.1) is 20.3 Å². The van der Waals surface area contributed by atoms with Gasteiger partial charge < -0.3 is 14.8 Å². The number of benzene rings is 2. The number of rotatable bonds is 11. The van der Waals surface area contributed by atoms with E-state index in [1.807, 2.05) is 35.8 Å². The summed E-state index contributed by atoms with van der Waals surface area (Å²) in [5.74, 6) is 2.98. The molecule has 7 nitrogen and oxygen atoms in total. The molecule has 1 amide bonds. The second-order valence-corrected chi connectivity index (χ2v) is 7.84. The molecule has 31 heavy (non-hydrogen) atoms. The Morgan fingerprint density at radius 1 is 1.03 bits per heavy atom. The number of hydrogen-bond acceptors (Lipinski definition) is 6. The molecule has 1 heterocycles. The first kappa shape index (κ1) is 22.7. The van der Waals surface area contributed by atoms with Crippen molar-refractivity contribution >= 4 is 17.7 Å². The van der Waals surface area contributed by atoms with Crippen LogP contribution in [0.25, 0.3) is 5.69 Å². The van der Waals surface area contributed by atoms with Gasteiger partial charge in [-0.1, -0.05) is 25.1 Å². The highest BCUT2D eigenvalue weighted by atomic mass is 32.2. The summed E-state index contributed by atoms with van der Waals surface area (Å²) >= 11 is 1.67. The molecule has 0 saturated carbocycles. The van der Waals surface area contributed by atoms with Crippen molar-refractivity contribution in [3.8, 4) is 17.2 Å². The number of methoxy groups -OCH3 is 1. The van der Waals surface area contributed by atoms with Crippen molar-refractivity contribution in [3.05, 3.63) is 59.9 Å². The minimum Gasteiger partial charge on any atom is -0.497 e. The van der Waals surface area contributed by atoms with Crippen molar-refractivity contribution in [2.45, 2.75) is 38.4 Å². The first-order chi connectivity index (χ1) is 15.2. The van der Waals surface area contributed by atoms with Gasteiger partial charge in [0, 0.05) is 17.0 Å². The largest absolute Gasteiger partial charge is 0.497 e. The third-order valence-corrected chi connectivity index (χ3v) is 5.61. The van der Waals surface area contributed by atoms with E-state index in [2.05, 4.69) is 22.4 Å². The van der Waals surface area contributed by atoms with Gasteiger partial charge in [-0.05, 0) is 61.9 Å². The number of ether oxygens (including phenoxy) is 2. The van der Waals surface area contributed by atoms with Crippen LogP contribution in [0.5, 0.6) is 11.5 Å². The SMILES string of the molecule is CCCCSc1nnc(CNC(=O)c2ccc(OC)cc2)n1-c1ccc(OCC)cc1. The summed E-state index contributed by atoms with van der Waals surface area (Å²) in [7, 11) is 1.60. The molecule has 0 aliphatic rings. The van der Waals surface area contributed by atoms with E-state index in [1.165, 1.54) is 0 Å². The third kappa shape index (κ3) is 6.01. The lowest BCUT2D eigenvalue weighted by molar-refractivity contribution is 0.0949. The number of nitrogens with one attached hydrogen (secondary N) is 1. The summed E-state index contributed by atoms with van der Waals surface area (Å²) in [5.41, 5.74) is 1.49. The molecule has 0 bridgehead atoms. The molecular formula is C23H28N4O3S. The van der Waals surface area contributed by atoms with Crippen molar-refractivity contribution in [1.82, 2.24) is 20.1 Å². The lowest BCUT2D eigenvalue weighted by Crippen LogP contribution is -2.24. The highest BCUT2D eigenvalue weighted by Crippen LogP contribution is 2.24. The molecule has 0 atom stereocenters. The number of carbonyl (C=O) groups excluding carboxylic acids is 1. The Labute approximate surface area is 187 Å². The second kappa shape index (κ2) is 11.4. The predicted octanol–water partition coefficient (Wildman–Crippen LogP) is 4.50. The molecule has 0 unspecified atom stereocenters. The fourth-order valence-corrected chi connectivity index (χ4v) is 3.99. The smallest absolute Gasteiger partial charge is 0.251 e. The zero-order valence-corrected chi connectivity index (χ0v) is 18.9. The van der Waals surface area contributed by atoms with Crippen molar-refractivity contribution < 1.29 is 14.3 Å². The molecule has 0 spiro atoms. The maximum absolute atomic E-state index is 12.6. The van der Waals surface area contributed by atoms with Gasteiger partial charge in [0.2, 0.25) is 0 Å². The fraction of sp³-hybridized carbons (Fsp3) is 0.348. The quantitative estimate of drug-likeness (QED) is 0.349. The molecule has 0 radical (unpaired) electrons. The number of nitrogens with zero attached hydrogens (tertiary/aromatic N) is 3. The Bertz CT molecular complexity index is 971. The van der Waals surface area contributed by atoms with Crippen LogP contribution in [-0.4, -0.2) is 40.1 Å². The molecule has 0 saturated heterocycles. The van der Waals surface area contributed by atoms with Crippen molar-refractivity contribution in [2.75, 3.05) is 19.5 Å². The molecule has 1 aromatic heterocycles. The Hall–Kier alpha value is -3.00. The lowest BCUT2D eigenvalue weighted by atomic mass is 10.2. The molecule has 164 valence electrons. The summed E-state index contributed by atoms with van der Waals surface area (Å²) in [6, 6.07) is 14.8. The first-order valence-electron chi connectivity index (χ1n) is 10.4. The molecule has 1 N–H and O–H groups in total. The third-order valence-electron chi connectivity index (χ3n) is 4.59. The Morgan fingerprint density at radius 3 is 2.39 bits per heavy atom. The number of carbonyl (C=O) groups is 1. The summed E-state index contributed by atoms with van der Waals surface area (Å²) in [5, 5.41) is 12.5. The van der Waals surface area contributed by atoms with E-state index in [4.69, 9.17) is 9.47 Å². The summed E-state index contributed by atoms with van der Waals surface area (Å²) in [6.07, 6.45) is 2.22. The highest BCUT2D eigenvalue weighted by Gasteiger charge is 2.16. The van der Waals surface area contributed by atoms with E-state index >= 15 is 0 Å². The maximum Gasteiger partial charge on any atom is 0.251 e. The maximum atomic E-state index is 12.6. The van der Waals surface area contributed by atoms with Gasteiger partial charge in [0.15, 0.2) is 11.0 Å². The highest BCUT2D eigenvalue weighted by molar-refractivity contribution is 7.99. The number of amides is 1. The number of aromatic nitrogens is 3. The van der Waals surface area contributed by atoms with Gasteiger partial charge in [-0.3, -0.25) is 9.36 Å². The van der Waals surface area contributed by atoms with E-state index < -0.39 is 0 Å². The zero-order chi connectivity index (χ0) is 22.1. The standard InChI is InChI=1S/C23H28N4O3S/c1-4-6-15-31-23-26-25-21(27(23)18-9-13-20(14-10-18)30-5-2)16-24-22(28)17-7-11-19(29-3)12-8-17/h7-14H,4-6,15-16H2,1-3H3,(H,24,28). The number of thioether (sulfide) groups is 1. The van der Waals surface area contributed by atoms with Crippen LogP contribution in [0.3, 0.4) is 0 Å². The second-order valence-electron chi connectivity index (χ2n) is 6.77. The van der Waals surface area contributed by atoms with Crippen LogP contribution in [0.4, 0.5) is 0 Å². The van der Waals surface area contributed by atoms with Crippen LogP contribution in [0.1, 0.15) is 42.9 Å². The van der Waals surface area contributed by atoms with E-state index in [1.54, 1.807) is 43.1 Å². The Morgan fingerprint density at radius 2 is 1.74 bits per heavy atom. The molecular weight excluding hydrogens is 412 g/mol. The lowest BCUT2D eigenvalue weighted by Gasteiger charge is -2.12. The topological polar surface area (TPSA) is 78.3 Å². The van der Waals surface area contributed by atoms with Crippen molar-refractivity contribution in [3.63, 3.8) is 0 Å². The van der Waals surface area contributed by atoms with E-state index in [-0.39, 0.29) is 12.5 Å². The van der Waals surface area contributed by atoms with Crippen LogP contribution in [0, 0.1) is 0 Å². The molecule has 3 rings (SSSR count).